The largest absolute Gasteiger partial charge is 0.0772 e. The lowest BCUT2D eigenvalue weighted by molar-refractivity contribution is 0.377. The monoisotopic (exact) mass is 358 g/mol. The molecule has 0 aliphatic heterocycles. The van der Waals surface area contributed by atoms with Crippen LogP contribution in [0.15, 0.2) is 63.7 Å². The molecule has 1 aliphatic carbocycles. The Morgan fingerprint density at radius 3 is 2.55 bits per heavy atom. The van der Waals surface area contributed by atoms with Gasteiger partial charge in [0.15, 0.2) is 0 Å². The van der Waals surface area contributed by atoms with E-state index in [4.69, 9.17) is 0 Å². The van der Waals surface area contributed by atoms with Crippen LogP contribution < -0.4 is 0 Å². The van der Waals surface area contributed by atoms with E-state index in [9.17, 15) is 0 Å². The highest BCUT2D eigenvalue weighted by Gasteiger charge is 2.26. The zero-order valence-electron chi connectivity index (χ0n) is 14.2. The van der Waals surface area contributed by atoms with Gasteiger partial charge in [0.25, 0.3) is 0 Å². The van der Waals surface area contributed by atoms with Gasteiger partial charge >= 0.3 is 0 Å². The van der Waals surface area contributed by atoms with E-state index in [0.717, 1.165) is 10.9 Å². The maximum absolute atomic E-state index is 3.48. The fourth-order valence-electron chi connectivity index (χ4n) is 3.19. The molecule has 0 amide bonds. The van der Waals surface area contributed by atoms with E-state index in [1.165, 1.54) is 36.0 Å². The van der Waals surface area contributed by atoms with Gasteiger partial charge in [0.2, 0.25) is 0 Å². The summed E-state index contributed by atoms with van der Waals surface area (Å²) in [6, 6.07) is 8.56. The van der Waals surface area contributed by atoms with Crippen LogP contribution in [0.25, 0.3) is 0 Å². The van der Waals surface area contributed by atoms with Gasteiger partial charge in [-0.3, -0.25) is 0 Å². The van der Waals surface area contributed by atoms with Crippen molar-refractivity contribution >= 4 is 15.9 Å². The molecule has 0 saturated heterocycles. The van der Waals surface area contributed by atoms with E-state index in [1.54, 1.807) is 5.57 Å². The molecule has 0 atom stereocenters. The molecule has 0 spiro atoms. The van der Waals surface area contributed by atoms with E-state index in [2.05, 4.69) is 86.1 Å². The molecule has 1 aromatic carbocycles. The average molecular weight is 359 g/mol. The molecule has 22 heavy (non-hydrogen) atoms. The summed E-state index contributed by atoms with van der Waals surface area (Å²) in [5.41, 5.74) is 6.11. The first-order valence-electron chi connectivity index (χ1n) is 8.18. The van der Waals surface area contributed by atoms with Gasteiger partial charge in [-0.15, -0.1) is 0 Å². The predicted molar refractivity (Wildman–Crippen MR) is 101 cm³/mol. The van der Waals surface area contributed by atoms with Gasteiger partial charge in [0.05, 0.1) is 0 Å². The predicted octanol–water partition coefficient (Wildman–Crippen LogP) is 7.02. The zero-order valence-corrected chi connectivity index (χ0v) is 15.8. The maximum atomic E-state index is 3.48. The Bertz CT molecular complexity index is 597. The van der Waals surface area contributed by atoms with Crippen molar-refractivity contribution in [1.29, 1.82) is 0 Å². The molecule has 0 unspecified atom stereocenters. The van der Waals surface area contributed by atoms with Crippen LogP contribution in [-0.4, -0.2) is 0 Å². The minimum atomic E-state index is 0.324. The number of rotatable bonds is 4. The number of hydrogen-bond donors (Lipinski definition) is 0. The molecule has 118 valence electrons. The minimum Gasteiger partial charge on any atom is -0.0772 e. The number of hydrogen-bond acceptors (Lipinski definition) is 0. The minimum absolute atomic E-state index is 0.324. The third kappa shape index (κ3) is 4.71. The number of benzene rings is 1. The summed E-state index contributed by atoms with van der Waals surface area (Å²) in [6.45, 7) is 9.23. The lowest BCUT2D eigenvalue weighted by Gasteiger charge is -2.32. The molecule has 0 radical (unpaired) electrons. The van der Waals surface area contributed by atoms with Gasteiger partial charge in [-0.2, -0.15) is 0 Å². The molecule has 0 aromatic heterocycles. The first kappa shape index (κ1) is 17.3. The normalized spacial score (nSPS) is 19.0. The fourth-order valence-corrected chi connectivity index (χ4v) is 3.46. The Morgan fingerprint density at radius 1 is 1.23 bits per heavy atom. The first-order valence-corrected chi connectivity index (χ1v) is 8.97. The summed E-state index contributed by atoms with van der Waals surface area (Å²) < 4.78 is 1.14. The standard InChI is InChI=1S/C21H27Br/c1-16(7-9-18-10-12-19(22)13-11-18)8-14-20-17(2)6-5-15-21(20,3)4/h7-8,10-14H,5-6,9,15H2,1-4H3. The van der Waals surface area contributed by atoms with Gasteiger partial charge in [-0.1, -0.05) is 71.3 Å². The molecule has 0 fully saturated rings. The van der Waals surface area contributed by atoms with Crippen LogP contribution in [0, 0.1) is 5.41 Å². The van der Waals surface area contributed by atoms with Gasteiger partial charge in [-0.05, 0) is 68.2 Å². The quantitative estimate of drug-likeness (QED) is 0.507. The molecule has 0 saturated carbocycles. The zero-order chi connectivity index (χ0) is 16.2. The van der Waals surface area contributed by atoms with E-state index in [-0.39, 0.29) is 0 Å². The van der Waals surface area contributed by atoms with Crippen LogP contribution in [0.5, 0.6) is 0 Å². The highest BCUT2D eigenvalue weighted by molar-refractivity contribution is 9.10. The molecule has 0 N–H and O–H groups in total. The third-order valence-electron chi connectivity index (χ3n) is 4.63. The first-order chi connectivity index (χ1) is 10.4. The van der Waals surface area contributed by atoms with Crippen molar-refractivity contribution in [3.8, 4) is 0 Å². The molecule has 1 aromatic rings. The smallest absolute Gasteiger partial charge is 0.0175 e. The van der Waals surface area contributed by atoms with E-state index >= 15 is 0 Å². The highest BCUT2D eigenvalue weighted by atomic mass is 79.9. The van der Waals surface area contributed by atoms with Crippen molar-refractivity contribution in [2.24, 2.45) is 5.41 Å². The Labute approximate surface area is 144 Å². The molecule has 1 heteroatoms. The Hall–Kier alpha value is -1.08. The highest BCUT2D eigenvalue weighted by Crippen LogP contribution is 2.40. The maximum Gasteiger partial charge on any atom is 0.0175 e. The average Bonchev–Trinajstić information content (AvgIpc) is 2.45. The topological polar surface area (TPSA) is 0 Å². The molecule has 2 rings (SSSR count). The molecule has 1 aliphatic rings. The van der Waals surface area contributed by atoms with Crippen LogP contribution >= 0.6 is 15.9 Å². The second-order valence-electron chi connectivity index (χ2n) is 7.04. The molecular weight excluding hydrogens is 332 g/mol. The van der Waals surface area contributed by atoms with Crippen molar-refractivity contribution in [3.05, 3.63) is 69.2 Å². The van der Waals surface area contributed by atoms with Crippen LogP contribution in [0.1, 0.15) is 52.5 Å². The molecular formula is C21H27Br. The van der Waals surface area contributed by atoms with Gasteiger partial charge in [0, 0.05) is 4.47 Å². The van der Waals surface area contributed by atoms with E-state index < -0.39 is 0 Å². The van der Waals surface area contributed by atoms with Crippen LogP contribution in [0.2, 0.25) is 0 Å². The third-order valence-corrected chi connectivity index (χ3v) is 5.16. The summed E-state index contributed by atoms with van der Waals surface area (Å²) in [4.78, 5) is 0. The summed E-state index contributed by atoms with van der Waals surface area (Å²) in [5.74, 6) is 0. The Balaban J connectivity index is 2.05. The van der Waals surface area contributed by atoms with Crippen LogP contribution in [0.3, 0.4) is 0 Å². The SMILES string of the molecule is CC(C=CC1=C(C)CCCC1(C)C)=CCc1ccc(Br)cc1. The van der Waals surface area contributed by atoms with Gasteiger partial charge < -0.3 is 0 Å². The summed E-state index contributed by atoms with van der Waals surface area (Å²) >= 11 is 3.48. The van der Waals surface area contributed by atoms with Crippen molar-refractivity contribution in [2.75, 3.05) is 0 Å². The van der Waals surface area contributed by atoms with E-state index in [1.807, 2.05) is 0 Å². The molecule has 0 bridgehead atoms. The number of allylic oxidation sites excluding steroid dienone is 6. The van der Waals surface area contributed by atoms with Crippen LogP contribution in [-0.2, 0) is 6.42 Å². The second kappa shape index (κ2) is 7.46. The van der Waals surface area contributed by atoms with Gasteiger partial charge in [0.1, 0.15) is 0 Å². The van der Waals surface area contributed by atoms with Gasteiger partial charge in [-0.25, -0.2) is 0 Å². The lowest BCUT2D eigenvalue weighted by Crippen LogP contribution is -2.19. The Morgan fingerprint density at radius 2 is 1.91 bits per heavy atom. The summed E-state index contributed by atoms with van der Waals surface area (Å²) in [6.07, 6.45) is 11.8. The second-order valence-corrected chi connectivity index (χ2v) is 7.96. The van der Waals surface area contributed by atoms with Crippen LogP contribution in [0.4, 0.5) is 0 Å². The van der Waals surface area contributed by atoms with Crippen molar-refractivity contribution < 1.29 is 0 Å². The van der Waals surface area contributed by atoms with Crippen molar-refractivity contribution in [2.45, 2.75) is 53.4 Å². The van der Waals surface area contributed by atoms with Crippen molar-refractivity contribution in [3.63, 3.8) is 0 Å². The van der Waals surface area contributed by atoms with Crippen molar-refractivity contribution in [1.82, 2.24) is 0 Å². The molecule has 0 heterocycles. The lowest BCUT2D eigenvalue weighted by atomic mass is 9.72. The fraction of sp³-hybridized carbons (Fsp3) is 0.429. The Kier molecular flexibility index (Phi) is 5.86. The summed E-state index contributed by atoms with van der Waals surface area (Å²) in [7, 11) is 0. The summed E-state index contributed by atoms with van der Waals surface area (Å²) in [5, 5.41) is 0. The van der Waals surface area contributed by atoms with E-state index in [0.29, 0.717) is 5.41 Å². The number of halogens is 1. The molecule has 0 nitrogen and oxygen atoms in total.